The van der Waals surface area contributed by atoms with Crippen molar-refractivity contribution in [1.29, 1.82) is 0 Å². The van der Waals surface area contributed by atoms with E-state index < -0.39 is 0 Å². The van der Waals surface area contributed by atoms with Gasteiger partial charge in [0.2, 0.25) is 0 Å². The minimum atomic E-state index is -0.114. The maximum Gasteiger partial charge on any atom is 0.268 e. The molecule has 2 rings (SSSR count). The van der Waals surface area contributed by atoms with E-state index in [0.29, 0.717) is 5.56 Å². The van der Waals surface area contributed by atoms with E-state index in [9.17, 15) is 4.79 Å². The van der Waals surface area contributed by atoms with E-state index in [1.807, 2.05) is 24.3 Å². The van der Waals surface area contributed by atoms with E-state index in [2.05, 4.69) is 6.08 Å². The van der Waals surface area contributed by atoms with Crippen LogP contribution >= 0.6 is 0 Å². The Bertz CT molecular complexity index is 386. The van der Waals surface area contributed by atoms with Gasteiger partial charge in [-0.05, 0) is 31.4 Å². The SMILES string of the molecule is NN(C(=O)c1ccccc1)[C@H]1C=CCCC1. The molecule has 2 N–H and O–H groups in total. The molecular weight excluding hydrogens is 200 g/mol. The molecule has 0 saturated heterocycles. The van der Waals surface area contributed by atoms with Crippen LogP contribution in [0.15, 0.2) is 42.5 Å². The van der Waals surface area contributed by atoms with Crippen LogP contribution in [-0.4, -0.2) is 17.0 Å². The van der Waals surface area contributed by atoms with Crippen LogP contribution in [0.3, 0.4) is 0 Å². The molecule has 0 aromatic heterocycles. The lowest BCUT2D eigenvalue weighted by Gasteiger charge is -2.27. The topological polar surface area (TPSA) is 46.3 Å². The Hall–Kier alpha value is -1.61. The molecule has 3 heteroatoms. The first-order chi connectivity index (χ1) is 7.79. The third-order valence-electron chi connectivity index (χ3n) is 2.84. The van der Waals surface area contributed by atoms with Gasteiger partial charge < -0.3 is 0 Å². The second kappa shape index (κ2) is 4.94. The number of benzene rings is 1. The van der Waals surface area contributed by atoms with Crippen molar-refractivity contribution in [3.63, 3.8) is 0 Å². The quantitative estimate of drug-likeness (QED) is 0.356. The molecule has 0 heterocycles. The van der Waals surface area contributed by atoms with Gasteiger partial charge in [-0.2, -0.15) is 0 Å². The van der Waals surface area contributed by atoms with Crippen LogP contribution in [0.2, 0.25) is 0 Å². The monoisotopic (exact) mass is 216 g/mol. The average molecular weight is 216 g/mol. The molecule has 0 spiro atoms. The molecule has 0 radical (unpaired) electrons. The summed E-state index contributed by atoms with van der Waals surface area (Å²) in [6.45, 7) is 0. The fraction of sp³-hybridized carbons (Fsp3) is 0.308. The Morgan fingerprint density at radius 2 is 2.06 bits per heavy atom. The maximum absolute atomic E-state index is 12.0. The molecule has 0 aliphatic heterocycles. The van der Waals surface area contributed by atoms with E-state index >= 15 is 0 Å². The molecule has 0 bridgehead atoms. The van der Waals surface area contributed by atoms with Crippen LogP contribution in [-0.2, 0) is 0 Å². The number of amides is 1. The lowest BCUT2D eigenvalue weighted by Crippen LogP contribution is -2.45. The number of hydrogen-bond donors (Lipinski definition) is 1. The fourth-order valence-corrected chi connectivity index (χ4v) is 1.91. The summed E-state index contributed by atoms with van der Waals surface area (Å²) in [5.41, 5.74) is 0.643. The summed E-state index contributed by atoms with van der Waals surface area (Å²) in [6, 6.07) is 9.19. The summed E-state index contributed by atoms with van der Waals surface area (Å²) in [4.78, 5) is 12.0. The predicted octanol–water partition coefficient (Wildman–Crippen LogP) is 2.11. The van der Waals surface area contributed by atoms with Crippen molar-refractivity contribution < 1.29 is 4.79 Å². The number of allylic oxidation sites excluding steroid dienone is 1. The van der Waals surface area contributed by atoms with Crippen molar-refractivity contribution in [3.8, 4) is 0 Å². The normalized spacial score (nSPS) is 19.4. The summed E-state index contributed by atoms with van der Waals surface area (Å²) in [5.74, 6) is 5.74. The molecule has 0 unspecified atom stereocenters. The molecule has 1 amide bonds. The van der Waals surface area contributed by atoms with Gasteiger partial charge in [0.05, 0.1) is 6.04 Å². The minimum absolute atomic E-state index is 0.0430. The highest BCUT2D eigenvalue weighted by Gasteiger charge is 2.20. The first-order valence-electron chi connectivity index (χ1n) is 5.59. The summed E-state index contributed by atoms with van der Waals surface area (Å²) in [5, 5.41) is 1.34. The van der Waals surface area contributed by atoms with Crippen molar-refractivity contribution in [3.05, 3.63) is 48.0 Å². The second-order valence-electron chi connectivity index (χ2n) is 4.00. The average Bonchev–Trinajstić information content (AvgIpc) is 2.39. The van der Waals surface area contributed by atoms with Gasteiger partial charge in [0.1, 0.15) is 0 Å². The molecule has 1 atom stereocenters. The number of nitrogens with zero attached hydrogens (tertiary/aromatic N) is 1. The molecule has 1 aliphatic rings. The van der Waals surface area contributed by atoms with Gasteiger partial charge in [0.25, 0.3) is 5.91 Å². The van der Waals surface area contributed by atoms with Crippen molar-refractivity contribution >= 4 is 5.91 Å². The Kier molecular flexibility index (Phi) is 3.37. The molecule has 84 valence electrons. The summed E-state index contributed by atoms with van der Waals surface area (Å²) < 4.78 is 0. The molecule has 1 aliphatic carbocycles. The maximum atomic E-state index is 12.0. The fourth-order valence-electron chi connectivity index (χ4n) is 1.91. The second-order valence-corrected chi connectivity index (χ2v) is 4.00. The highest BCUT2D eigenvalue weighted by Crippen LogP contribution is 2.16. The van der Waals surface area contributed by atoms with Crippen LogP contribution in [0.1, 0.15) is 29.6 Å². The van der Waals surface area contributed by atoms with E-state index in [1.165, 1.54) is 5.01 Å². The smallest absolute Gasteiger partial charge is 0.268 e. The van der Waals surface area contributed by atoms with Crippen LogP contribution in [0, 0.1) is 0 Å². The molecule has 3 nitrogen and oxygen atoms in total. The first kappa shape index (κ1) is 10.9. The zero-order valence-electron chi connectivity index (χ0n) is 9.17. The third-order valence-corrected chi connectivity index (χ3v) is 2.84. The molecule has 0 saturated carbocycles. The van der Waals surface area contributed by atoms with Gasteiger partial charge >= 0.3 is 0 Å². The minimum Gasteiger partial charge on any atom is -0.270 e. The first-order valence-corrected chi connectivity index (χ1v) is 5.59. The van der Waals surface area contributed by atoms with E-state index in [-0.39, 0.29) is 11.9 Å². The lowest BCUT2D eigenvalue weighted by atomic mass is 10.0. The van der Waals surface area contributed by atoms with E-state index in [1.54, 1.807) is 12.1 Å². The lowest BCUT2D eigenvalue weighted by molar-refractivity contribution is 0.0701. The number of rotatable bonds is 2. The van der Waals surface area contributed by atoms with E-state index in [0.717, 1.165) is 19.3 Å². The molecule has 1 aromatic carbocycles. The zero-order valence-corrected chi connectivity index (χ0v) is 9.17. The van der Waals surface area contributed by atoms with Gasteiger partial charge in [-0.15, -0.1) is 0 Å². The Morgan fingerprint density at radius 1 is 1.31 bits per heavy atom. The largest absolute Gasteiger partial charge is 0.270 e. The number of hydrogen-bond acceptors (Lipinski definition) is 2. The Labute approximate surface area is 95.5 Å². The van der Waals surface area contributed by atoms with Crippen molar-refractivity contribution in [2.24, 2.45) is 5.84 Å². The van der Waals surface area contributed by atoms with Gasteiger partial charge in [0.15, 0.2) is 0 Å². The van der Waals surface area contributed by atoms with Crippen LogP contribution < -0.4 is 5.84 Å². The zero-order chi connectivity index (χ0) is 11.4. The van der Waals surface area contributed by atoms with Crippen LogP contribution in [0.25, 0.3) is 0 Å². The van der Waals surface area contributed by atoms with Gasteiger partial charge in [-0.1, -0.05) is 30.4 Å². The van der Waals surface area contributed by atoms with Gasteiger partial charge in [-0.25, -0.2) is 5.84 Å². The van der Waals surface area contributed by atoms with Gasteiger partial charge in [-0.3, -0.25) is 9.80 Å². The molecular formula is C13H16N2O. The third kappa shape index (κ3) is 2.31. The van der Waals surface area contributed by atoms with Crippen LogP contribution in [0.4, 0.5) is 0 Å². The van der Waals surface area contributed by atoms with Gasteiger partial charge in [0, 0.05) is 5.56 Å². The van der Waals surface area contributed by atoms with Crippen molar-refractivity contribution in [1.82, 2.24) is 5.01 Å². The van der Waals surface area contributed by atoms with Crippen molar-refractivity contribution in [2.75, 3.05) is 0 Å². The number of hydrazine groups is 1. The standard InChI is InChI=1S/C13H16N2O/c14-15(12-9-5-2-6-10-12)13(16)11-7-3-1-4-8-11/h1,3-5,7-9,12H,2,6,10,14H2/t12-/m0/s1. The number of nitrogens with two attached hydrogens (primary N) is 1. The Balaban J connectivity index is 2.10. The summed E-state index contributed by atoms with van der Waals surface area (Å²) >= 11 is 0. The highest BCUT2D eigenvalue weighted by atomic mass is 16.2. The van der Waals surface area contributed by atoms with Crippen LogP contribution in [0.5, 0.6) is 0 Å². The summed E-state index contributed by atoms with van der Waals surface area (Å²) in [7, 11) is 0. The van der Waals surface area contributed by atoms with Crippen molar-refractivity contribution in [2.45, 2.75) is 25.3 Å². The molecule has 0 fully saturated rings. The Morgan fingerprint density at radius 3 is 2.69 bits per heavy atom. The van der Waals surface area contributed by atoms with E-state index in [4.69, 9.17) is 5.84 Å². The highest BCUT2D eigenvalue weighted by molar-refractivity contribution is 5.94. The molecule has 16 heavy (non-hydrogen) atoms. The molecule has 1 aromatic rings. The summed E-state index contributed by atoms with van der Waals surface area (Å²) in [6.07, 6.45) is 7.24. The predicted molar refractivity (Wildman–Crippen MR) is 63.6 cm³/mol. The number of carbonyl (C=O) groups excluding carboxylic acids is 1. The number of carbonyl (C=O) groups is 1.